The molecule has 0 aliphatic carbocycles. The third kappa shape index (κ3) is 4.06. The number of methoxy groups -OCH3 is 2. The van der Waals surface area contributed by atoms with Gasteiger partial charge in [0.2, 0.25) is 0 Å². The fraction of sp³-hybridized carbons (Fsp3) is 0.200. The molecule has 1 heterocycles. The highest BCUT2D eigenvalue weighted by Gasteiger charge is 2.20. The van der Waals surface area contributed by atoms with Crippen molar-refractivity contribution in [3.8, 4) is 22.8 Å². The molecule has 2 aromatic carbocycles. The summed E-state index contributed by atoms with van der Waals surface area (Å²) in [6, 6.07) is 12.8. The maximum absolute atomic E-state index is 13.0. The Morgan fingerprint density at radius 1 is 1.15 bits per heavy atom. The van der Waals surface area contributed by atoms with Gasteiger partial charge in [-0.2, -0.15) is 5.10 Å². The molecule has 0 saturated heterocycles. The minimum atomic E-state index is -0.147. The fourth-order valence-electron chi connectivity index (χ4n) is 2.80. The zero-order valence-corrected chi connectivity index (χ0v) is 16.1. The molecule has 3 aromatic rings. The van der Waals surface area contributed by atoms with Crippen LogP contribution in [-0.4, -0.2) is 42.3 Å². The Labute approximate surface area is 162 Å². The van der Waals surface area contributed by atoms with Crippen molar-refractivity contribution in [1.29, 1.82) is 0 Å². The Kier molecular flexibility index (Phi) is 5.66. The van der Waals surface area contributed by atoms with E-state index < -0.39 is 0 Å². The molecule has 0 aliphatic heterocycles. The molecule has 0 atom stereocenters. The average molecular weight is 386 g/mol. The SMILES string of the molecule is COc1ccc(CN(C)C(=O)c2cn[nH]c2-c2ccc(Cl)cc2)c(OC)c1. The van der Waals surface area contributed by atoms with Gasteiger partial charge in [-0.25, -0.2) is 0 Å². The number of carbonyl (C=O) groups excluding carboxylic acids is 1. The third-order valence-electron chi connectivity index (χ3n) is 4.25. The summed E-state index contributed by atoms with van der Waals surface area (Å²) >= 11 is 5.94. The van der Waals surface area contributed by atoms with Gasteiger partial charge in [0.05, 0.1) is 31.7 Å². The van der Waals surface area contributed by atoms with Gasteiger partial charge in [0.15, 0.2) is 0 Å². The molecule has 1 amide bonds. The lowest BCUT2D eigenvalue weighted by molar-refractivity contribution is 0.0785. The summed E-state index contributed by atoms with van der Waals surface area (Å²) in [5.41, 5.74) is 2.87. The molecular weight excluding hydrogens is 366 g/mol. The first-order valence-corrected chi connectivity index (χ1v) is 8.67. The minimum absolute atomic E-state index is 0.147. The molecule has 0 spiro atoms. The number of benzene rings is 2. The number of nitrogens with one attached hydrogen (secondary N) is 1. The first-order chi connectivity index (χ1) is 13.0. The molecule has 0 radical (unpaired) electrons. The number of aromatic amines is 1. The van der Waals surface area contributed by atoms with Gasteiger partial charge in [-0.1, -0.05) is 23.7 Å². The van der Waals surface area contributed by atoms with E-state index in [1.54, 1.807) is 44.4 Å². The van der Waals surface area contributed by atoms with Gasteiger partial charge in [0, 0.05) is 35.8 Å². The van der Waals surface area contributed by atoms with Crippen LogP contribution in [-0.2, 0) is 6.54 Å². The van der Waals surface area contributed by atoms with Gasteiger partial charge >= 0.3 is 0 Å². The Morgan fingerprint density at radius 2 is 1.89 bits per heavy atom. The zero-order valence-electron chi connectivity index (χ0n) is 15.3. The van der Waals surface area contributed by atoms with Crippen molar-refractivity contribution in [3.63, 3.8) is 0 Å². The van der Waals surface area contributed by atoms with E-state index in [9.17, 15) is 4.79 Å². The summed E-state index contributed by atoms with van der Waals surface area (Å²) in [4.78, 5) is 14.6. The number of aromatic nitrogens is 2. The molecule has 0 unspecified atom stereocenters. The molecule has 6 nitrogen and oxygen atoms in total. The third-order valence-corrected chi connectivity index (χ3v) is 4.50. The molecule has 7 heteroatoms. The largest absolute Gasteiger partial charge is 0.497 e. The first-order valence-electron chi connectivity index (χ1n) is 8.29. The minimum Gasteiger partial charge on any atom is -0.497 e. The van der Waals surface area contributed by atoms with Gasteiger partial charge < -0.3 is 14.4 Å². The highest BCUT2D eigenvalue weighted by Crippen LogP contribution is 2.27. The number of H-pyrrole nitrogens is 1. The number of rotatable bonds is 6. The highest BCUT2D eigenvalue weighted by molar-refractivity contribution is 6.30. The van der Waals surface area contributed by atoms with Crippen molar-refractivity contribution < 1.29 is 14.3 Å². The summed E-state index contributed by atoms with van der Waals surface area (Å²) < 4.78 is 10.6. The Balaban J connectivity index is 1.83. The number of nitrogens with zero attached hydrogens (tertiary/aromatic N) is 2. The summed E-state index contributed by atoms with van der Waals surface area (Å²) in [7, 11) is 4.93. The topological polar surface area (TPSA) is 67.5 Å². The van der Waals surface area contributed by atoms with Crippen molar-refractivity contribution in [2.24, 2.45) is 0 Å². The summed E-state index contributed by atoms with van der Waals surface area (Å²) in [6.07, 6.45) is 1.54. The molecule has 0 aliphatic rings. The van der Waals surface area contributed by atoms with Gasteiger partial charge in [0.25, 0.3) is 5.91 Å². The van der Waals surface area contributed by atoms with Crippen LogP contribution in [0.15, 0.2) is 48.7 Å². The molecule has 0 fully saturated rings. The van der Waals surface area contributed by atoms with E-state index in [0.717, 1.165) is 11.1 Å². The molecular formula is C20H20ClN3O3. The van der Waals surface area contributed by atoms with Crippen molar-refractivity contribution in [2.75, 3.05) is 21.3 Å². The van der Waals surface area contributed by atoms with Crippen molar-refractivity contribution >= 4 is 17.5 Å². The Bertz CT molecular complexity index is 938. The van der Waals surface area contributed by atoms with Crippen LogP contribution < -0.4 is 9.47 Å². The molecule has 3 rings (SSSR count). The Hall–Kier alpha value is -2.99. The Morgan fingerprint density at radius 3 is 2.56 bits per heavy atom. The molecule has 1 N–H and O–H groups in total. The standard InChI is InChI=1S/C20H20ClN3O3/c1-24(12-14-6-9-16(26-2)10-18(14)27-3)20(25)17-11-22-23-19(17)13-4-7-15(21)8-5-13/h4-11H,12H2,1-3H3,(H,22,23). The molecule has 0 saturated carbocycles. The van der Waals surface area contributed by atoms with E-state index in [-0.39, 0.29) is 5.91 Å². The van der Waals surface area contributed by atoms with E-state index in [0.29, 0.717) is 34.3 Å². The number of ether oxygens (including phenoxy) is 2. The van der Waals surface area contributed by atoms with Gasteiger partial charge in [-0.3, -0.25) is 9.89 Å². The maximum atomic E-state index is 13.0. The van der Waals surface area contributed by atoms with Gasteiger partial charge in [-0.05, 0) is 24.3 Å². The van der Waals surface area contributed by atoms with Gasteiger partial charge in [0.1, 0.15) is 11.5 Å². The van der Waals surface area contributed by atoms with Crippen LogP contribution in [0.3, 0.4) is 0 Å². The quantitative estimate of drug-likeness (QED) is 0.695. The van der Waals surface area contributed by atoms with E-state index in [1.165, 1.54) is 6.20 Å². The van der Waals surface area contributed by atoms with E-state index in [2.05, 4.69) is 10.2 Å². The lowest BCUT2D eigenvalue weighted by atomic mass is 10.1. The predicted molar refractivity (Wildman–Crippen MR) is 104 cm³/mol. The number of halogens is 1. The average Bonchev–Trinajstić information content (AvgIpc) is 3.17. The van der Waals surface area contributed by atoms with Crippen LogP contribution in [0, 0.1) is 0 Å². The van der Waals surface area contributed by atoms with E-state index >= 15 is 0 Å². The summed E-state index contributed by atoms with van der Waals surface area (Å²) in [6.45, 7) is 0.386. The second-order valence-electron chi connectivity index (χ2n) is 6.00. The van der Waals surface area contributed by atoms with Gasteiger partial charge in [-0.15, -0.1) is 0 Å². The monoisotopic (exact) mass is 385 g/mol. The number of carbonyl (C=O) groups is 1. The van der Waals surface area contributed by atoms with E-state index in [4.69, 9.17) is 21.1 Å². The lowest BCUT2D eigenvalue weighted by Gasteiger charge is -2.19. The fourth-order valence-corrected chi connectivity index (χ4v) is 2.93. The second-order valence-corrected chi connectivity index (χ2v) is 6.44. The van der Waals surface area contributed by atoms with Crippen molar-refractivity contribution in [1.82, 2.24) is 15.1 Å². The van der Waals surface area contributed by atoms with Crippen molar-refractivity contribution in [3.05, 3.63) is 64.8 Å². The van der Waals surface area contributed by atoms with E-state index in [1.807, 2.05) is 24.3 Å². The zero-order chi connectivity index (χ0) is 19.4. The second kappa shape index (κ2) is 8.14. The number of hydrogen-bond donors (Lipinski definition) is 1. The molecule has 1 aromatic heterocycles. The van der Waals surface area contributed by atoms with Crippen LogP contribution in [0.2, 0.25) is 5.02 Å². The molecule has 27 heavy (non-hydrogen) atoms. The smallest absolute Gasteiger partial charge is 0.257 e. The lowest BCUT2D eigenvalue weighted by Crippen LogP contribution is -2.26. The van der Waals surface area contributed by atoms with Crippen LogP contribution in [0.25, 0.3) is 11.3 Å². The van der Waals surface area contributed by atoms with Crippen LogP contribution in [0.4, 0.5) is 0 Å². The maximum Gasteiger partial charge on any atom is 0.257 e. The summed E-state index contributed by atoms with van der Waals surface area (Å²) in [5.74, 6) is 1.22. The van der Waals surface area contributed by atoms with Crippen LogP contribution >= 0.6 is 11.6 Å². The number of hydrogen-bond acceptors (Lipinski definition) is 4. The van der Waals surface area contributed by atoms with Crippen molar-refractivity contribution in [2.45, 2.75) is 6.54 Å². The highest BCUT2D eigenvalue weighted by atomic mass is 35.5. The predicted octanol–water partition coefficient (Wildman–Crippen LogP) is 4.02. The molecule has 0 bridgehead atoms. The van der Waals surface area contributed by atoms with Crippen LogP contribution in [0.1, 0.15) is 15.9 Å². The first kappa shape index (κ1) is 18.8. The summed E-state index contributed by atoms with van der Waals surface area (Å²) in [5, 5.41) is 7.57. The molecule has 140 valence electrons. The number of amides is 1. The van der Waals surface area contributed by atoms with Crippen LogP contribution in [0.5, 0.6) is 11.5 Å². The normalized spacial score (nSPS) is 10.5.